The molecule has 0 aliphatic carbocycles. The summed E-state index contributed by atoms with van der Waals surface area (Å²) < 4.78 is 18.2. The third kappa shape index (κ3) is 3.61. The lowest BCUT2D eigenvalue weighted by Gasteiger charge is -2.21. The molecule has 0 aliphatic heterocycles. The SMILES string of the molecule is CC(OC(C)C(C)O)c1ccc(F)cc1. The number of halogens is 1. The Morgan fingerprint density at radius 3 is 2.13 bits per heavy atom. The highest BCUT2D eigenvalue weighted by Crippen LogP contribution is 2.19. The molecule has 0 radical (unpaired) electrons. The van der Waals surface area contributed by atoms with Gasteiger partial charge in [0.1, 0.15) is 5.82 Å². The van der Waals surface area contributed by atoms with Crippen molar-refractivity contribution in [1.29, 1.82) is 0 Å². The van der Waals surface area contributed by atoms with Crippen molar-refractivity contribution in [2.75, 3.05) is 0 Å². The van der Waals surface area contributed by atoms with E-state index in [0.717, 1.165) is 5.56 Å². The van der Waals surface area contributed by atoms with E-state index in [1.54, 1.807) is 19.1 Å². The largest absolute Gasteiger partial charge is 0.391 e. The predicted octanol–water partition coefficient (Wildman–Crippen LogP) is 2.67. The summed E-state index contributed by atoms with van der Waals surface area (Å²) in [6.07, 6.45) is -0.881. The molecule has 0 heterocycles. The van der Waals surface area contributed by atoms with E-state index in [1.807, 2.05) is 13.8 Å². The number of aliphatic hydroxyl groups excluding tert-OH is 1. The van der Waals surface area contributed by atoms with Gasteiger partial charge in [-0.15, -0.1) is 0 Å². The molecule has 1 aromatic carbocycles. The minimum atomic E-state index is -0.507. The summed E-state index contributed by atoms with van der Waals surface area (Å²) in [6.45, 7) is 5.37. The summed E-state index contributed by atoms with van der Waals surface area (Å²) in [5.74, 6) is -0.255. The van der Waals surface area contributed by atoms with E-state index in [2.05, 4.69) is 0 Å². The van der Waals surface area contributed by atoms with Crippen LogP contribution in [0.4, 0.5) is 4.39 Å². The third-order valence-corrected chi connectivity index (χ3v) is 2.44. The van der Waals surface area contributed by atoms with Gasteiger partial charge in [-0.25, -0.2) is 4.39 Å². The van der Waals surface area contributed by atoms with Crippen molar-refractivity contribution < 1.29 is 14.2 Å². The van der Waals surface area contributed by atoms with Gasteiger partial charge in [-0.1, -0.05) is 12.1 Å². The van der Waals surface area contributed by atoms with E-state index in [0.29, 0.717) is 0 Å². The Morgan fingerprint density at radius 1 is 1.13 bits per heavy atom. The summed E-state index contributed by atoms with van der Waals surface area (Å²) >= 11 is 0. The lowest BCUT2D eigenvalue weighted by Crippen LogP contribution is -2.24. The standard InChI is InChI=1S/C12H17FO2/c1-8(14)9(2)15-10(3)11-4-6-12(13)7-5-11/h4-10,14H,1-3H3. The first kappa shape index (κ1) is 12.1. The highest BCUT2D eigenvalue weighted by atomic mass is 19.1. The van der Waals surface area contributed by atoms with Crippen molar-refractivity contribution in [1.82, 2.24) is 0 Å². The molecule has 84 valence electrons. The molecule has 0 spiro atoms. The zero-order valence-corrected chi connectivity index (χ0v) is 9.27. The quantitative estimate of drug-likeness (QED) is 0.831. The van der Waals surface area contributed by atoms with Crippen molar-refractivity contribution in [3.05, 3.63) is 35.6 Å². The first-order valence-corrected chi connectivity index (χ1v) is 5.09. The molecular weight excluding hydrogens is 195 g/mol. The Hall–Kier alpha value is -0.930. The summed E-state index contributed by atoms with van der Waals surface area (Å²) in [6, 6.07) is 6.19. The fourth-order valence-electron chi connectivity index (χ4n) is 1.25. The Morgan fingerprint density at radius 2 is 1.67 bits per heavy atom. The second-order valence-corrected chi connectivity index (χ2v) is 3.78. The minimum absolute atomic E-state index is 0.143. The molecule has 0 fully saturated rings. The highest BCUT2D eigenvalue weighted by Gasteiger charge is 2.14. The van der Waals surface area contributed by atoms with Gasteiger partial charge >= 0.3 is 0 Å². The predicted molar refractivity (Wildman–Crippen MR) is 57.0 cm³/mol. The number of aliphatic hydroxyl groups is 1. The van der Waals surface area contributed by atoms with E-state index >= 15 is 0 Å². The fourth-order valence-corrected chi connectivity index (χ4v) is 1.25. The van der Waals surface area contributed by atoms with E-state index in [9.17, 15) is 9.50 Å². The van der Waals surface area contributed by atoms with E-state index in [-0.39, 0.29) is 18.0 Å². The fraction of sp³-hybridized carbons (Fsp3) is 0.500. The van der Waals surface area contributed by atoms with Crippen LogP contribution in [0.1, 0.15) is 32.4 Å². The lowest BCUT2D eigenvalue weighted by atomic mass is 10.1. The average Bonchev–Trinajstić information content (AvgIpc) is 2.18. The molecule has 0 bridgehead atoms. The zero-order valence-electron chi connectivity index (χ0n) is 9.27. The maximum Gasteiger partial charge on any atom is 0.123 e. The van der Waals surface area contributed by atoms with Gasteiger partial charge < -0.3 is 9.84 Å². The van der Waals surface area contributed by atoms with Gasteiger partial charge in [-0.05, 0) is 38.5 Å². The summed E-state index contributed by atoms with van der Waals surface area (Å²) in [4.78, 5) is 0. The molecule has 0 saturated heterocycles. The second kappa shape index (κ2) is 5.24. The molecule has 1 aromatic rings. The number of rotatable bonds is 4. The Bertz CT molecular complexity index is 295. The molecule has 3 atom stereocenters. The van der Waals surface area contributed by atoms with E-state index < -0.39 is 6.10 Å². The van der Waals surface area contributed by atoms with Gasteiger partial charge in [0.2, 0.25) is 0 Å². The third-order valence-electron chi connectivity index (χ3n) is 2.44. The van der Waals surface area contributed by atoms with Crippen LogP contribution < -0.4 is 0 Å². The maximum absolute atomic E-state index is 12.7. The Labute approximate surface area is 89.7 Å². The molecule has 15 heavy (non-hydrogen) atoms. The molecule has 3 unspecified atom stereocenters. The molecule has 3 heteroatoms. The molecule has 0 aromatic heterocycles. The molecule has 0 amide bonds. The number of hydrogen-bond acceptors (Lipinski definition) is 2. The molecule has 0 saturated carbocycles. The van der Waals surface area contributed by atoms with Gasteiger partial charge in [0, 0.05) is 0 Å². The van der Waals surface area contributed by atoms with Gasteiger partial charge in [0.15, 0.2) is 0 Å². The van der Waals surface area contributed by atoms with E-state index in [4.69, 9.17) is 4.74 Å². The first-order chi connectivity index (χ1) is 7.00. The molecule has 2 nitrogen and oxygen atoms in total. The molecule has 1 rings (SSSR count). The van der Waals surface area contributed by atoms with E-state index in [1.165, 1.54) is 12.1 Å². The monoisotopic (exact) mass is 212 g/mol. The number of ether oxygens (including phenoxy) is 1. The lowest BCUT2D eigenvalue weighted by molar-refractivity contribution is -0.0558. The van der Waals surface area contributed by atoms with Crippen molar-refractivity contribution in [2.24, 2.45) is 0 Å². The number of hydrogen-bond donors (Lipinski definition) is 1. The van der Waals surface area contributed by atoms with Crippen LogP contribution in [0.15, 0.2) is 24.3 Å². The second-order valence-electron chi connectivity index (χ2n) is 3.78. The molecule has 1 N–H and O–H groups in total. The van der Waals surface area contributed by atoms with Gasteiger partial charge in [-0.3, -0.25) is 0 Å². The Balaban J connectivity index is 2.61. The Kier molecular flexibility index (Phi) is 4.24. The van der Waals surface area contributed by atoms with Crippen LogP contribution in [0, 0.1) is 5.82 Å². The van der Waals surface area contributed by atoms with Crippen LogP contribution in [0.5, 0.6) is 0 Å². The summed E-state index contributed by atoms with van der Waals surface area (Å²) in [5, 5.41) is 9.28. The minimum Gasteiger partial charge on any atom is -0.391 e. The van der Waals surface area contributed by atoms with Crippen molar-refractivity contribution in [3.8, 4) is 0 Å². The van der Waals surface area contributed by atoms with Crippen LogP contribution in [0.25, 0.3) is 0 Å². The van der Waals surface area contributed by atoms with Crippen LogP contribution >= 0.6 is 0 Å². The van der Waals surface area contributed by atoms with Crippen molar-refractivity contribution in [3.63, 3.8) is 0 Å². The van der Waals surface area contributed by atoms with Gasteiger partial charge in [-0.2, -0.15) is 0 Å². The average molecular weight is 212 g/mol. The number of benzene rings is 1. The smallest absolute Gasteiger partial charge is 0.123 e. The van der Waals surface area contributed by atoms with Crippen molar-refractivity contribution >= 4 is 0 Å². The zero-order chi connectivity index (χ0) is 11.4. The van der Waals surface area contributed by atoms with Crippen molar-refractivity contribution in [2.45, 2.75) is 39.1 Å². The van der Waals surface area contributed by atoms with Crippen LogP contribution in [0.3, 0.4) is 0 Å². The normalized spacial score (nSPS) is 17.1. The van der Waals surface area contributed by atoms with Crippen LogP contribution in [0.2, 0.25) is 0 Å². The van der Waals surface area contributed by atoms with Gasteiger partial charge in [0.25, 0.3) is 0 Å². The van der Waals surface area contributed by atoms with Gasteiger partial charge in [0.05, 0.1) is 18.3 Å². The summed E-state index contributed by atoms with van der Waals surface area (Å²) in [7, 11) is 0. The van der Waals surface area contributed by atoms with Crippen LogP contribution in [-0.2, 0) is 4.74 Å². The highest BCUT2D eigenvalue weighted by molar-refractivity contribution is 5.18. The summed E-state index contributed by atoms with van der Waals surface area (Å²) in [5.41, 5.74) is 0.906. The molecule has 0 aliphatic rings. The van der Waals surface area contributed by atoms with Crippen LogP contribution in [-0.4, -0.2) is 17.3 Å². The topological polar surface area (TPSA) is 29.5 Å². The first-order valence-electron chi connectivity index (χ1n) is 5.09. The maximum atomic E-state index is 12.7. The molecular formula is C12H17FO2.